The highest BCUT2D eigenvalue weighted by Crippen LogP contribution is 2.20. The van der Waals surface area contributed by atoms with Crippen LogP contribution in [0.15, 0.2) is 59.8 Å². The van der Waals surface area contributed by atoms with Gasteiger partial charge in [-0.1, -0.05) is 18.2 Å². The lowest BCUT2D eigenvalue weighted by atomic mass is 10.2. The highest BCUT2D eigenvalue weighted by molar-refractivity contribution is 7.90. The first kappa shape index (κ1) is 13.0. The fourth-order valence-corrected chi connectivity index (χ4v) is 2.68. The van der Waals surface area contributed by atoms with Crippen molar-refractivity contribution >= 4 is 15.9 Å². The van der Waals surface area contributed by atoms with Gasteiger partial charge < -0.3 is 5.21 Å². The number of nitrogens with one attached hydrogen (secondary N) is 1. The molecule has 0 spiro atoms. The SMILES string of the molecule is O=C1NS(=O)(=O)c2ccccc21.[O-][n+]1ccccc1. The second-order valence-electron chi connectivity index (χ2n) is 3.67. The third-order valence-corrected chi connectivity index (χ3v) is 3.73. The van der Waals surface area contributed by atoms with E-state index in [1.807, 2.05) is 4.72 Å². The average Bonchev–Trinajstić information content (AvgIpc) is 2.62. The van der Waals surface area contributed by atoms with E-state index in [0.717, 1.165) is 4.73 Å². The van der Waals surface area contributed by atoms with Gasteiger partial charge in [-0.2, -0.15) is 4.73 Å². The molecule has 0 saturated carbocycles. The first-order chi connectivity index (χ1) is 9.00. The fourth-order valence-electron chi connectivity index (χ4n) is 1.50. The van der Waals surface area contributed by atoms with E-state index in [0.29, 0.717) is 0 Å². The minimum atomic E-state index is -3.55. The number of sulfonamides is 1. The molecule has 0 fully saturated rings. The van der Waals surface area contributed by atoms with Gasteiger partial charge in [0, 0.05) is 12.1 Å². The Labute approximate surface area is 110 Å². The molecule has 1 N–H and O–H groups in total. The Balaban J connectivity index is 0.000000163. The maximum absolute atomic E-state index is 11.1. The minimum Gasteiger partial charge on any atom is -0.619 e. The summed E-state index contributed by atoms with van der Waals surface area (Å²) < 4.78 is 24.9. The van der Waals surface area contributed by atoms with Crippen molar-refractivity contribution in [3.8, 4) is 0 Å². The number of carbonyl (C=O) groups excluding carboxylic acids is 1. The van der Waals surface area contributed by atoms with Crippen molar-refractivity contribution in [2.24, 2.45) is 0 Å². The van der Waals surface area contributed by atoms with Gasteiger partial charge in [0.1, 0.15) is 4.90 Å². The molecule has 0 saturated heterocycles. The number of carbonyl (C=O) groups is 1. The summed E-state index contributed by atoms with van der Waals surface area (Å²) in [6.45, 7) is 0. The number of hydrogen-bond acceptors (Lipinski definition) is 4. The predicted octanol–water partition coefficient (Wildman–Crippen LogP) is 0.439. The van der Waals surface area contributed by atoms with E-state index in [9.17, 15) is 18.4 Å². The van der Waals surface area contributed by atoms with Crippen LogP contribution in [0.5, 0.6) is 0 Å². The lowest BCUT2D eigenvalue weighted by molar-refractivity contribution is -0.605. The molecule has 0 aliphatic carbocycles. The van der Waals surface area contributed by atoms with Gasteiger partial charge in [-0.3, -0.25) is 4.79 Å². The normalized spacial score (nSPS) is 14.8. The van der Waals surface area contributed by atoms with Gasteiger partial charge in [-0.05, 0) is 12.1 Å². The molecule has 0 bridgehead atoms. The zero-order valence-electron chi connectivity index (χ0n) is 9.68. The van der Waals surface area contributed by atoms with Gasteiger partial charge in [0.2, 0.25) is 0 Å². The Bertz CT molecular complexity index is 699. The largest absolute Gasteiger partial charge is 0.619 e. The summed E-state index contributed by atoms with van der Waals surface area (Å²) in [6.07, 6.45) is 2.89. The number of nitrogens with zero attached hydrogens (tertiary/aromatic N) is 1. The lowest BCUT2D eigenvalue weighted by Gasteiger charge is -1.91. The summed E-state index contributed by atoms with van der Waals surface area (Å²) in [5, 5.41) is 10.2. The van der Waals surface area contributed by atoms with Crippen LogP contribution in [0, 0.1) is 5.21 Å². The number of fused-ring (bicyclic) bond motifs is 1. The number of aromatic nitrogens is 1. The number of benzene rings is 1. The van der Waals surface area contributed by atoms with Crippen molar-refractivity contribution in [2.45, 2.75) is 4.90 Å². The molecule has 3 rings (SSSR count). The van der Waals surface area contributed by atoms with Crippen molar-refractivity contribution in [3.63, 3.8) is 0 Å². The van der Waals surface area contributed by atoms with Crippen LogP contribution in [0.3, 0.4) is 0 Å². The third-order valence-electron chi connectivity index (χ3n) is 2.34. The molecule has 6 nitrogen and oxygen atoms in total. The summed E-state index contributed by atoms with van der Waals surface area (Å²) in [7, 11) is -3.55. The molecule has 1 aliphatic heterocycles. The van der Waals surface area contributed by atoms with E-state index < -0.39 is 15.9 Å². The van der Waals surface area contributed by atoms with Gasteiger partial charge in [0.25, 0.3) is 15.9 Å². The Morgan fingerprint density at radius 1 is 1.00 bits per heavy atom. The number of rotatable bonds is 0. The highest BCUT2D eigenvalue weighted by atomic mass is 32.2. The van der Waals surface area contributed by atoms with Crippen LogP contribution in [-0.4, -0.2) is 14.3 Å². The Morgan fingerprint density at radius 3 is 2.16 bits per heavy atom. The van der Waals surface area contributed by atoms with Gasteiger partial charge in [0.05, 0.1) is 5.56 Å². The molecule has 2 aromatic rings. The van der Waals surface area contributed by atoms with Gasteiger partial charge in [0.15, 0.2) is 12.4 Å². The molecule has 98 valence electrons. The molecule has 1 amide bonds. The average molecular weight is 278 g/mol. The van der Waals surface area contributed by atoms with Crippen molar-refractivity contribution in [1.82, 2.24) is 4.72 Å². The van der Waals surface area contributed by atoms with Crippen LogP contribution in [0.1, 0.15) is 10.4 Å². The molecule has 2 heterocycles. The van der Waals surface area contributed by atoms with E-state index in [1.165, 1.54) is 24.5 Å². The molecule has 1 aromatic heterocycles. The smallest absolute Gasteiger partial charge is 0.266 e. The standard InChI is InChI=1S/C7H5NO3S.C5H5NO/c9-7-5-3-1-2-4-6(5)12(10,11)8-7;7-6-4-2-1-3-5-6/h1-4H,(H,8,9);1-5H. The van der Waals surface area contributed by atoms with Crippen molar-refractivity contribution < 1.29 is 17.9 Å². The molecule has 0 radical (unpaired) electrons. The van der Waals surface area contributed by atoms with Gasteiger partial charge in [-0.15, -0.1) is 0 Å². The Hall–Kier alpha value is -2.41. The molecule has 1 aromatic carbocycles. The van der Waals surface area contributed by atoms with E-state index in [-0.39, 0.29) is 10.5 Å². The first-order valence-corrected chi connectivity index (χ1v) is 6.79. The Kier molecular flexibility index (Phi) is 3.48. The zero-order chi connectivity index (χ0) is 13.9. The molecule has 1 aliphatic rings. The van der Waals surface area contributed by atoms with Crippen LogP contribution in [0.2, 0.25) is 0 Å². The molecular formula is C12H10N2O4S. The second kappa shape index (κ2) is 5.07. The number of pyridine rings is 1. The summed E-state index contributed by atoms with van der Waals surface area (Å²) in [6, 6.07) is 11.3. The monoisotopic (exact) mass is 278 g/mol. The summed E-state index contributed by atoms with van der Waals surface area (Å²) >= 11 is 0. The molecule has 19 heavy (non-hydrogen) atoms. The maximum Gasteiger partial charge on any atom is 0.266 e. The van der Waals surface area contributed by atoms with Crippen LogP contribution < -0.4 is 9.45 Å². The molecular weight excluding hydrogens is 268 g/mol. The van der Waals surface area contributed by atoms with Gasteiger partial charge in [-0.25, -0.2) is 13.1 Å². The minimum absolute atomic E-state index is 0.0648. The lowest BCUT2D eigenvalue weighted by Crippen LogP contribution is -2.22. The van der Waals surface area contributed by atoms with E-state index in [2.05, 4.69) is 0 Å². The zero-order valence-corrected chi connectivity index (χ0v) is 10.5. The van der Waals surface area contributed by atoms with Crippen LogP contribution >= 0.6 is 0 Å². The van der Waals surface area contributed by atoms with Crippen molar-refractivity contribution in [3.05, 3.63) is 65.6 Å². The number of amides is 1. The van der Waals surface area contributed by atoms with Crippen molar-refractivity contribution in [1.29, 1.82) is 0 Å². The van der Waals surface area contributed by atoms with E-state index >= 15 is 0 Å². The summed E-state index contributed by atoms with van der Waals surface area (Å²) in [5.41, 5.74) is 0.220. The maximum atomic E-state index is 11.1. The molecule has 0 atom stereocenters. The van der Waals surface area contributed by atoms with E-state index in [4.69, 9.17) is 0 Å². The predicted molar refractivity (Wildman–Crippen MR) is 66.5 cm³/mol. The van der Waals surface area contributed by atoms with Gasteiger partial charge >= 0.3 is 0 Å². The molecule has 0 unspecified atom stereocenters. The quantitative estimate of drug-likeness (QED) is 0.559. The summed E-state index contributed by atoms with van der Waals surface area (Å²) in [5.74, 6) is -0.550. The second-order valence-corrected chi connectivity index (χ2v) is 5.32. The van der Waals surface area contributed by atoms with Crippen LogP contribution in [-0.2, 0) is 10.0 Å². The Morgan fingerprint density at radius 2 is 1.63 bits per heavy atom. The van der Waals surface area contributed by atoms with Crippen molar-refractivity contribution in [2.75, 3.05) is 0 Å². The highest BCUT2D eigenvalue weighted by Gasteiger charge is 2.31. The van der Waals surface area contributed by atoms with Crippen LogP contribution in [0.4, 0.5) is 0 Å². The topological polar surface area (TPSA) is 90.2 Å². The fraction of sp³-hybridized carbons (Fsp3) is 0. The number of hydrogen-bond donors (Lipinski definition) is 1. The first-order valence-electron chi connectivity index (χ1n) is 5.31. The van der Waals surface area contributed by atoms with E-state index in [1.54, 1.807) is 30.3 Å². The van der Waals surface area contributed by atoms with Crippen LogP contribution in [0.25, 0.3) is 0 Å². The third kappa shape index (κ3) is 2.89. The summed E-state index contributed by atoms with van der Waals surface area (Å²) in [4.78, 5) is 11.1. The molecule has 7 heteroatoms.